The molecule has 0 aliphatic heterocycles. The molecule has 0 bridgehead atoms. The average molecular weight is 222 g/mol. The topological polar surface area (TPSA) is 9.23 Å². The third-order valence-corrected chi connectivity index (χ3v) is 2.45. The molecule has 0 spiro atoms. The van der Waals surface area contributed by atoms with Gasteiger partial charge in [0, 0.05) is 5.57 Å². The van der Waals surface area contributed by atoms with E-state index in [-0.39, 0.29) is 0 Å². The van der Waals surface area contributed by atoms with Crippen molar-refractivity contribution in [1.29, 1.82) is 0 Å². The van der Waals surface area contributed by atoms with Crippen molar-refractivity contribution in [3.05, 3.63) is 83.8 Å². The fourth-order valence-corrected chi connectivity index (χ4v) is 1.66. The minimum Gasteiger partial charge on any atom is -0.496 e. The van der Waals surface area contributed by atoms with Crippen molar-refractivity contribution in [1.82, 2.24) is 0 Å². The highest BCUT2D eigenvalue weighted by molar-refractivity contribution is 5.79. The van der Waals surface area contributed by atoms with E-state index in [1.54, 1.807) is 13.4 Å². The van der Waals surface area contributed by atoms with Crippen molar-refractivity contribution in [3.8, 4) is 0 Å². The first kappa shape index (κ1) is 11.3. The first-order valence-electron chi connectivity index (χ1n) is 5.50. The maximum Gasteiger partial charge on any atom is 0.125 e. The van der Waals surface area contributed by atoms with Gasteiger partial charge >= 0.3 is 0 Å². The largest absolute Gasteiger partial charge is 0.496 e. The molecule has 0 radical (unpaired) electrons. The van der Waals surface area contributed by atoms with Crippen LogP contribution in [-0.2, 0) is 4.74 Å². The standard InChI is InChI=1S/C16H14O/c1-17-13-12-16(14-8-4-2-5-9-14)15-10-6-3-7-11-15/h2-11,13H,1H3. The molecule has 0 aliphatic rings. The van der Waals surface area contributed by atoms with Gasteiger partial charge < -0.3 is 4.74 Å². The fourth-order valence-electron chi connectivity index (χ4n) is 1.66. The Labute approximate surface area is 102 Å². The van der Waals surface area contributed by atoms with Gasteiger partial charge in [0.05, 0.1) is 7.11 Å². The van der Waals surface area contributed by atoms with Gasteiger partial charge in [0.1, 0.15) is 6.26 Å². The molecule has 2 aromatic carbocycles. The van der Waals surface area contributed by atoms with E-state index >= 15 is 0 Å². The molecule has 0 saturated carbocycles. The SMILES string of the molecule is COC=C=C(c1ccccc1)c1ccccc1. The summed E-state index contributed by atoms with van der Waals surface area (Å²) >= 11 is 0. The number of benzene rings is 2. The summed E-state index contributed by atoms with van der Waals surface area (Å²) in [6.07, 6.45) is 1.58. The first-order chi connectivity index (χ1) is 8.42. The predicted molar refractivity (Wildman–Crippen MR) is 70.5 cm³/mol. The number of hydrogen-bond acceptors (Lipinski definition) is 1. The number of ether oxygens (including phenoxy) is 1. The Balaban J connectivity index is 2.52. The smallest absolute Gasteiger partial charge is 0.125 e. The van der Waals surface area contributed by atoms with E-state index in [0.29, 0.717) is 0 Å². The summed E-state index contributed by atoms with van der Waals surface area (Å²) in [6.45, 7) is 0. The Bertz CT molecular complexity index is 478. The van der Waals surface area contributed by atoms with E-state index in [9.17, 15) is 0 Å². The Morgan fingerprint density at radius 2 is 1.35 bits per heavy atom. The summed E-state index contributed by atoms with van der Waals surface area (Å²) in [5, 5.41) is 0. The van der Waals surface area contributed by atoms with E-state index in [1.807, 2.05) is 36.4 Å². The molecule has 1 heteroatoms. The van der Waals surface area contributed by atoms with Crippen LogP contribution in [-0.4, -0.2) is 7.11 Å². The molecule has 0 saturated heterocycles. The Kier molecular flexibility index (Phi) is 3.80. The monoisotopic (exact) mass is 222 g/mol. The molecule has 1 nitrogen and oxygen atoms in total. The van der Waals surface area contributed by atoms with Crippen LogP contribution in [0, 0.1) is 0 Å². The molecule has 0 aromatic heterocycles. The van der Waals surface area contributed by atoms with Gasteiger partial charge in [-0.25, -0.2) is 0 Å². The second-order valence-corrected chi connectivity index (χ2v) is 3.60. The lowest BCUT2D eigenvalue weighted by Gasteiger charge is -2.04. The molecular formula is C16H14O. The highest BCUT2D eigenvalue weighted by Gasteiger charge is 2.02. The highest BCUT2D eigenvalue weighted by Crippen LogP contribution is 2.21. The predicted octanol–water partition coefficient (Wildman–Crippen LogP) is 3.88. The zero-order chi connectivity index (χ0) is 11.9. The van der Waals surface area contributed by atoms with E-state index in [2.05, 4.69) is 30.0 Å². The normalized spacial score (nSPS) is 9.24. The molecule has 0 atom stereocenters. The van der Waals surface area contributed by atoms with Crippen LogP contribution in [0.4, 0.5) is 0 Å². The molecule has 17 heavy (non-hydrogen) atoms. The number of hydrogen-bond donors (Lipinski definition) is 0. The van der Waals surface area contributed by atoms with Gasteiger partial charge in [-0.3, -0.25) is 0 Å². The van der Waals surface area contributed by atoms with Crippen molar-refractivity contribution in [2.75, 3.05) is 7.11 Å². The van der Waals surface area contributed by atoms with Crippen molar-refractivity contribution in [2.24, 2.45) is 0 Å². The molecule has 0 N–H and O–H groups in total. The maximum atomic E-state index is 4.96. The summed E-state index contributed by atoms with van der Waals surface area (Å²) in [7, 11) is 1.63. The van der Waals surface area contributed by atoms with Crippen LogP contribution >= 0.6 is 0 Å². The minimum atomic E-state index is 1.04. The lowest BCUT2D eigenvalue weighted by molar-refractivity contribution is 0.339. The molecular weight excluding hydrogens is 208 g/mol. The van der Waals surface area contributed by atoms with Crippen LogP contribution in [0.15, 0.2) is 72.7 Å². The Morgan fingerprint density at radius 3 is 1.76 bits per heavy atom. The quantitative estimate of drug-likeness (QED) is 0.565. The van der Waals surface area contributed by atoms with Gasteiger partial charge in [-0.1, -0.05) is 66.4 Å². The number of methoxy groups -OCH3 is 1. The molecule has 0 fully saturated rings. The molecule has 0 unspecified atom stereocenters. The molecule has 0 aliphatic carbocycles. The molecule has 0 heterocycles. The number of rotatable bonds is 3. The van der Waals surface area contributed by atoms with Gasteiger partial charge in [0.15, 0.2) is 0 Å². The summed E-state index contributed by atoms with van der Waals surface area (Å²) in [5.41, 5.74) is 6.47. The third-order valence-electron chi connectivity index (χ3n) is 2.45. The summed E-state index contributed by atoms with van der Waals surface area (Å²) in [5.74, 6) is 0. The Morgan fingerprint density at radius 1 is 0.882 bits per heavy atom. The van der Waals surface area contributed by atoms with Crippen LogP contribution in [0.2, 0.25) is 0 Å². The lowest BCUT2D eigenvalue weighted by atomic mass is 9.99. The lowest BCUT2D eigenvalue weighted by Crippen LogP contribution is -1.85. The zero-order valence-electron chi connectivity index (χ0n) is 9.76. The van der Waals surface area contributed by atoms with Crippen LogP contribution in [0.3, 0.4) is 0 Å². The summed E-state index contributed by atoms with van der Waals surface area (Å²) in [6, 6.07) is 20.4. The molecule has 0 amide bonds. The van der Waals surface area contributed by atoms with E-state index in [1.165, 1.54) is 0 Å². The van der Waals surface area contributed by atoms with E-state index in [0.717, 1.165) is 16.7 Å². The van der Waals surface area contributed by atoms with Crippen molar-refractivity contribution >= 4 is 5.57 Å². The molecule has 84 valence electrons. The zero-order valence-corrected chi connectivity index (χ0v) is 9.76. The molecule has 2 aromatic rings. The van der Waals surface area contributed by atoms with Crippen LogP contribution in [0.1, 0.15) is 11.1 Å². The van der Waals surface area contributed by atoms with Crippen LogP contribution in [0.25, 0.3) is 5.57 Å². The van der Waals surface area contributed by atoms with Crippen molar-refractivity contribution in [2.45, 2.75) is 0 Å². The van der Waals surface area contributed by atoms with E-state index < -0.39 is 0 Å². The first-order valence-corrected chi connectivity index (χ1v) is 5.50. The van der Waals surface area contributed by atoms with Crippen molar-refractivity contribution in [3.63, 3.8) is 0 Å². The second kappa shape index (κ2) is 5.74. The van der Waals surface area contributed by atoms with Crippen LogP contribution < -0.4 is 0 Å². The van der Waals surface area contributed by atoms with E-state index in [4.69, 9.17) is 4.74 Å². The summed E-state index contributed by atoms with van der Waals surface area (Å²) in [4.78, 5) is 0. The summed E-state index contributed by atoms with van der Waals surface area (Å²) < 4.78 is 4.96. The Hall–Kier alpha value is -2.24. The van der Waals surface area contributed by atoms with Crippen LogP contribution in [0.5, 0.6) is 0 Å². The highest BCUT2D eigenvalue weighted by atomic mass is 16.5. The van der Waals surface area contributed by atoms with Gasteiger partial charge in [-0.15, -0.1) is 0 Å². The van der Waals surface area contributed by atoms with Crippen molar-refractivity contribution < 1.29 is 4.74 Å². The van der Waals surface area contributed by atoms with Gasteiger partial charge in [-0.2, -0.15) is 0 Å². The maximum absolute atomic E-state index is 4.96. The molecule has 2 rings (SSSR count). The third kappa shape index (κ3) is 2.87. The minimum absolute atomic E-state index is 1.04. The average Bonchev–Trinajstić information content (AvgIpc) is 2.42. The fraction of sp³-hybridized carbons (Fsp3) is 0.0625. The second-order valence-electron chi connectivity index (χ2n) is 3.60. The van der Waals surface area contributed by atoms with Gasteiger partial charge in [0.2, 0.25) is 0 Å². The van der Waals surface area contributed by atoms with Gasteiger partial charge in [0.25, 0.3) is 0 Å². The van der Waals surface area contributed by atoms with Gasteiger partial charge in [-0.05, 0) is 11.1 Å².